The summed E-state index contributed by atoms with van der Waals surface area (Å²) in [7, 11) is 0. The molecule has 0 spiro atoms. The van der Waals surface area contributed by atoms with E-state index in [1.165, 1.54) is 12.4 Å². The number of nitrogens with zero attached hydrogens (tertiary/aromatic N) is 4. The minimum Gasteiger partial charge on any atom is -0.507 e. The summed E-state index contributed by atoms with van der Waals surface area (Å²) in [5.41, 5.74) is 7.13. The highest BCUT2D eigenvalue weighted by atomic mass is 16.3. The second-order valence-corrected chi connectivity index (χ2v) is 7.59. The molecule has 188 valence electrons. The second-order valence-electron chi connectivity index (χ2n) is 7.59. The van der Waals surface area contributed by atoms with Gasteiger partial charge < -0.3 is 20.0 Å². The first-order chi connectivity index (χ1) is 16.8. The van der Waals surface area contributed by atoms with E-state index in [9.17, 15) is 19.8 Å². The lowest BCUT2D eigenvalue weighted by Crippen LogP contribution is -2.27. The molecule has 2 aromatic carbocycles. The summed E-state index contributed by atoms with van der Waals surface area (Å²) >= 11 is 0. The Morgan fingerprint density at radius 1 is 0.743 bits per heavy atom. The molecule has 0 aliphatic heterocycles. The predicted molar refractivity (Wildman–Crippen MR) is 139 cm³/mol. The van der Waals surface area contributed by atoms with Gasteiger partial charge in [-0.3, -0.25) is 9.59 Å². The summed E-state index contributed by atoms with van der Waals surface area (Å²) in [4.78, 5) is 28.1. The van der Waals surface area contributed by atoms with E-state index in [0.29, 0.717) is 11.1 Å². The Labute approximate surface area is 205 Å². The number of anilines is 2. The fourth-order valence-corrected chi connectivity index (χ4v) is 3.43. The number of phenolic OH excluding ortho intramolecular Hbond substituents is 2. The number of hydrogen-bond acceptors (Lipinski definition) is 8. The third-order valence-corrected chi connectivity index (χ3v) is 5.39. The van der Waals surface area contributed by atoms with Gasteiger partial charge in [0.25, 0.3) is 0 Å². The van der Waals surface area contributed by atoms with Crippen LogP contribution in [0.5, 0.6) is 11.5 Å². The van der Waals surface area contributed by atoms with E-state index in [2.05, 4.69) is 30.9 Å². The molecule has 10 heteroatoms. The first-order valence-corrected chi connectivity index (χ1v) is 11.6. The van der Waals surface area contributed by atoms with Crippen LogP contribution in [-0.4, -0.2) is 60.6 Å². The van der Waals surface area contributed by atoms with Crippen molar-refractivity contribution in [2.75, 3.05) is 36.0 Å². The van der Waals surface area contributed by atoms with Crippen LogP contribution in [0.15, 0.2) is 46.6 Å². The van der Waals surface area contributed by atoms with Crippen LogP contribution in [0.2, 0.25) is 0 Å². The molecule has 0 aliphatic carbocycles. The van der Waals surface area contributed by atoms with Crippen molar-refractivity contribution in [3.63, 3.8) is 0 Å². The van der Waals surface area contributed by atoms with E-state index in [-0.39, 0.29) is 11.5 Å². The fourth-order valence-electron chi connectivity index (χ4n) is 3.43. The quantitative estimate of drug-likeness (QED) is 0.209. The van der Waals surface area contributed by atoms with Crippen molar-refractivity contribution in [1.29, 1.82) is 0 Å². The van der Waals surface area contributed by atoms with Gasteiger partial charge in [-0.25, -0.2) is 10.9 Å². The van der Waals surface area contributed by atoms with Crippen LogP contribution in [0.3, 0.4) is 0 Å². The Bertz CT molecular complexity index is 978. The van der Waals surface area contributed by atoms with Crippen molar-refractivity contribution in [2.45, 2.75) is 34.1 Å². The minimum atomic E-state index is -0.639. The molecule has 0 saturated carbocycles. The molecule has 0 atom stereocenters. The number of nitrogens with one attached hydrogen (secondary N) is 2. The predicted octanol–water partition coefficient (Wildman–Crippen LogP) is 2.78. The molecule has 35 heavy (non-hydrogen) atoms. The van der Waals surface area contributed by atoms with Crippen molar-refractivity contribution in [2.24, 2.45) is 10.2 Å². The first kappa shape index (κ1) is 27.2. The van der Waals surface area contributed by atoms with Gasteiger partial charge in [0.2, 0.25) is 11.8 Å². The zero-order valence-electron chi connectivity index (χ0n) is 20.7. The Balaban J connectivity index is 1.85. The Kier molecular flexibility index (Phi) is 10.5. The summed E-state index contributed by atoms with van der Waals surface area (Å²) in [6.07, 6.45) is 2.12. The number of amides is 2. The number of aromatic hydroxyl groups is 2. The highest BCUT2D eigenvalue weighted by molar-refractivity contribution is 5.97. The zero-order valence-corrected chi connectivity index (χ0v) is 20.7. The molecule has 0 fully saturated rings. The maximum Gasteiger partial charge on any atom is 0.249 e. The van der Waals surface area contributed by atoms with Gasteiger partial charge in [0.15, 0.2) is 0 Å². The van der Waals surface area contributed by atoms with Gasteiger partial charge in [-0.15, -0.1) is 0 Å². The van der Waals surface area contributed by atoms with Crippen LogP contribution in [0.4, 0.5) is 11.4 Å². The lowest BCUT2D eigenvalue weighted by Gasteiger charge is -2.21. The van der Waals surface area contributed by atoms with Gasteiger partial charge in [0.05, 0.1) is 12.4 Å². The molecule has 0 bridgehead atoms. The fraction of sp³-hybridized carbons (Fsp3) is 0.360. The van der Waals surface area contributed by atoms with Gasteiger partial charge >= 0.3 is 0 Å². The van der Waals surface area contributed by atoms with Crippen LogP contribution >= 0.6 is 0 Å². The number of hydrazone groups is 2. The largest absolute Gasteiger partial charge is 0.507 e. The molecule has 10 nitrogen and oxygen atoms in total. The molecule has 0 heterocycles. The monoisotopic (exact) mass is 482 g/mol. The van der Waals surface area contributed by atoms with Crippen LogP contribution in [0, 0.1) is 0 Å². The topological polar surface area (TPSA) is 130 Å². The van der Waals surface area contributed by atoms with E-state index < -0.39 is 18.2 Å². The van der Waals surface area contributed by atoms with Crippen molar-refractivity contribution in [3.05, 3.63) is 47.5 Å². The van der Waals surface area contributed by atoms with E-state index in [1.807, 2.05) is 39.8 Å². The summed E-state index contributed by atoms with van der Waals surface area (Å²) in [6.45, 7) is 11.4. The van der Waals surface area contributed by atoms with Crippen molar-refractivity contribution in [3.8, 4) is 11.5 Å². The molecular weight excluding hydrogens is 448 g/mol. The molecule has 0 aliphatic rings. The minimum absolute atomic E-state index is 0.0351. The maximum absolute atomic E-state index is 11.9. The van der Waals surface area contributed by atoms with Crippen molar-refractivity contribution < 1.29 is 19.8 Å². The van der Waals surface area contributed by atoms with Crippen molar-refractivity contribution >= 4 is 35.6 Å². The zero-order chi connectivity index (χ0) is 25.8. The third-order valence-electron chi connectivity index (χ3n) is 5.39. The van der Waals surface area contributed by atoms with E-state index in [1.54, 1.807) is 24.3 Å². The van der Waals surface area contributed by atoms with Gasteiger partial charge in [-0.2, -0.15) is 10.2 Å². The Hall–Kier alpha value is -4.08. The molecule has 2 rings (SSSR count). The smallest absolute Gasteiger partial charge is 0.249 e. The third kappa shape index (κ3) is 8.02. The SMILES string of the molecule is CCN(CC)c1ccc(/C=N/NC(=O)CC(=O)N/N=C/c2ccc(N(CC)CC)cc2O)c(O)c1. The van der Waals surface area contributed by atoms with Crippen LogP contribution < -0.4 is 20.7 Å². The van der Waals surface area contributed by atoms with Gasteiger partial charge in [-0.05, 0) is 52.0 Å². The Morgan fingerprint density at radius 3 is 1.43 bits per heavy atom. The average molecular weight is 483 g/mol. The molecule has 2 aromatic rings. The standard InChI is InChI=1S/C25H34N6O4/c1-5-30(6-2)20-11-9-18(22(32)13-20)16-26-28-24(34)15-25(35)29-27-17-19-10-12-21(14-23(19)33)31(7-3)8-4/h9-14,16-17,32-33H,5-8,15H2,1-4H3,(H,28,34)(H,29,35)/b26-16+,27-17+. The van der Waals surface area contributed by atoms with Crippen LogP contribution in [0.1, 0.15) is 45.2 Å². The summed E-state index contributed by atoms with van der Waals surface area (Å²) in [6, 6.07) is 10.4. The molecule has 2 amide bonds. The Morgan fingerprint density at radius 2 is 1.11 bits per heavy atom. The summed E-state index contributed by atoms with van der Waals surface area (Å²) in [5, 5.41) is 28.0. The number of phenols is 2. The van der Waals surface area contributed by atoms with E-state index in [0.717, 1.165) is 37.6 Å². The molecule has 0 saturated heterocycles. The number of carbonyl (C=O) groups is 2. The second kappa shape index (κ2) is 13.6. The van der Waals surface area contributed by atoms with Gasteiger partial charge in [-0.1, -0.05) is 0 Å². The van der Waals surface area contributed by atoms with Gasteiger partial charge in [0.1, 0.15) is 17.9 Å². The number of rotatable bonds is 12. The highest BCUT2D eigenvalue weighted by Gasteiger charge is 2.09. The number of hydrogen-bond donors (Lipinski definition) is 4. The highest BCUT2D eigenvalue weighted by Crippen LogP contribution is 2.24. The number of carbonyl (C=O) groups excluding carboxylic acids is 2. The van der Waals surface area contributed by atoms with E-state index >= 15 is 0 Å². The van der Waals surface area contributed by atoms with Crippen LogP contribution in [-0.2, 0) is 9.59 Å². The average Bonchev–Trinajstić information content (AvgIpc) is 2.83. The molecule has 0 radical (unpaired) electrons. The first-order valence-electron chi connectivity index (χ1n) is 11.6. The summed E-state index contributed by atoms with van der Waals surface area (Å²) in [5.74, 6) is -1.21. The lowest BCUT2D eigenvalue weighted by molar-refractivity contribution is -0.129. The molecule has 4 N–H and O–H groups in total. The maximum atomic E-state index is 11.9. The summed E-state index contributed by atoms with van der Waals surface area (Å²) < 4.78 is 0. The van der Waals surface area contributed by atoms with Crippen molar-refractivity contribution in [1.82, 2.24) is 10.9 Å². The van der Waals surface area contributed by atoms with E-state index in [4.69, 9.17) is 0 Å². The molecule has 0 aromatic heterocycles. The molecular formula is C25H34N6O4. The number of benzene rings is 2. The van der Waals surface area contributed by atoms with Gasteiger partial charge in [0, 0.05) is 60.8 Å². The molecule has 0 unspecified atom stereocenters. The lowest BCUT2D eigenvalue weighted by atomic mass is 10.2. The normalized spacial score (nSPS) is 11.1. The van der Waals surface area contributed by atoms with Crippen LogP contribution in [0.25, 0.3) is 0 Å².